The van der Waals surface area contributed by atoms with E-state index >= 15 is 0 Å². The summed E-state index contributed by atoms with van der Waals surface area (Å²) in [5.74, 6) is 0.511. The Morgan fingerprint density at radius 3 is 2.54 bits per heavy atom. The van der Waals surface area contributed by atoms with Crippen LogP contribution in [-0.2, 0) is 6.54 Å². The van der Waals surface area contributed by atoms with Crippen LogP contribution in [0.25, 0.3) is 10.9 Å². The maximum atomic E-state index is 4.37. The molecule has 0 aliphatic heterocycles. The van der Waals surface area contributed by atoms with Crippen molar-refractivity contribution in [3.8, 4) is 0 Å². The number of anilines is 1. The van der Waals surface area contributed by atoms with Crippen molar-refractivity contribution in [2.45, 2.75) is 27.3 Å². The van der Waals surface area contributed by atoms with Gasteiger partial charge in [0.2, 0.25) is 5.95 Å². The average Bonchev–Trinajstić information content (AvgIpc) is 2.99. The number of para-hydroxylation sites is 1. The number of hydrazone groups is 1. The minimum Gasteiger partial charge on any atom is -0.342 e. The number of hydrogen-bond acceptors (Lipinski definition) is 4. The Labute approximate surface area is 164 Å². The SMILES string of the molecule is Cc1cccc(Cn2cc(/C=N/Nc3nc(C)cc(C)n3)c3ccccc32)c1. The molecule has 0 atom stereocenters. The normalized spacial score (nSPS) is 11.4. The Hall–Kier alpha value is -3.47. The first-order valence-corrected chi connectivity index (χ1v) is 9.33. The molecule has 5 nitrogen and oxygen atoms in total. The van der Waals surface area contributed by atoms with Gasteiger partial charge in [0.1, 0.15) is 0 Å². The quantitative estimate of drug-likeness (QED) is 0.404. The van der Waals surface area contributed by atoms with Gasteiger partial charge in [0, 0.05) is 40.6 Å². The van der Waals surface area contributed by atoms with Crippen molar-refractivity contribution >= 4 is 23.1 Å². The first kappa shape index (κ1) is 17.9. The molecule has 4 rings (SSSR count). The summed E-state index contributed by atoms with van der Waals surface area (Å²) < 4.78 is 2.26. The maximum absolute atomic E-state index is 4.37. The third kappa shape index (κ3) is 3.93. The van der Waals surface area contributed by atoms with Crippen LogP contribution in [0, 0.1) is 20.8 Å². The molecule has 0 bridgehead atoms. The van der Waals surface area contributed by atoms with Crippen LogP contribution in [-0.4, -0.2) is 20.7 Å². The second kappa shape index (κ2) is 7.64. The van der Waals surface area contributed by atoms with Gasteiger partial charge in [0.25, 0.3) is 0 Å². The van der Waals surface area contributed by atoms with E-state index in [1.54, 1.807) is 0 Å². The molecule has 2 aromatic carbocycles. The number of nitrogens with zero attached hydrogens (tertiary/aromatic N) is 4. The van der Waals surface area contributed by atoms with Gasteiger partial charge >= 0.3 is 0 Å². The summed E-state index contributed by atoms with van der Waals surface area (Å²) in [5.41, 5.74) is 9.58. The van der Waals surface area contributed by atoms with E-state index in [4.69, 9.17) is 0 Å². The highest BCUT2D eigenvalue weighted by Crippen LogP contribution is 2.21. The summed E-state index contributed by atoms with van der Waals surface area (Å²) in [6, 6.07) is 18.9. The smallest absolute Gasteiger partial charge is 0.243 e. The van der Waals surface area contributed by atoms with E-state index in [1.807, 2.05) is 26.1 Å². The monoisotopic (exact) mass is 369 g/mol. The average molecular weight is 369 g/mol. The second-order valence-corrected chi connectivity index (χ2v) is 7.06. The molecule has 0 fully saturated rings. The van der Waals surface area contributed by atoms with Crippen LogP contribution in [0.2, 0.25) is 0 Å². The summed E-state index contributed by atoms with van der Waals surface area (Å²) in [4.78, 5) is 8.71. The van der Waals surface area contributed by atoms with E-state index in [2.05, 4.69) is 86.7 Å². The number of fused-ring (bicyclic) bond motifs is 1. The number of benzene rings is 2. The summed E-state index contributed by atoms with van der Waals surface area (Å²) in [6.45, 7) is 6.84. The first-order valence-electron chi connectivity index (χ1n) is 9.33. The zero-order valence-corrected chi connectivity index (χ0v) is 16.3. The number of hydrogen-bond donors (Lipinski definition) is 1. The van der Waals surface area contributed by atoms with Gasteiger partial charge in [-0.2, -0.15) is 5.10 Å². The molecule has 2 aromatic heterocycles. The zero-order valence-electron chi connectivity index (χ0n) is 16.3. The van der Waals surface area contributed by atoms with Gasteiger partial charge < -0.3 is 4.57 Å². The topological polar surface area (TPSA) is 55.1 Å². The Morgan fingerprint density at radius 1 is 0.964 bits per heavy atom. The van der Waals surface area contributed by atoms with Crippen molar-refractivity contribution in [1.82, 2.24) is 14.5 Å². The van der Waals surface area contributed by atoms with Gasteiger partial charge in [-0.1, -0.05) is 48.0 Å². The van der Waals surface area contributed by atoms with Crippen LogP contribution in [0.4, 0.5) is 5.95 Å². The molecule has 0 unspecified atom stereocenters. The highest BCUT2D eigenvalue weighted by Gasteiger charge is 2.07. The molecule has 5 heteroatoms. The summed E-state index contributed by atoms with van der Waals surface area (Å²) in [7, 11) is 0. The van der Waals surface area contributed by atoms with Crippen molar-refractivity contribution in [2.75, 3.05) is 5.43 Å². The number of aromatic nitrogens is 3. The standard InChI is InChI=1S/C23H23N5/c1-16-7-6-8-19(11-16)14-28-15-20(21-9-4-5-10-22(21)28)13-24-27-23-25-17(2)12-18(3)26-23/h4-13,15H,14H2,1-3H3,(H,25,26,27)/b24-13+. The Morgan fingerprint density at radius 2 is 1.75 bits per heavy atom. The molecule has 4 aromatic rings. The lowest BCUT2D eigenvalue weighted by molar-refractivity contribution is 0.835. The first-order chi connectivity index (χ1) is 13.6. The number of aryl methyl sites for hydroxylation is 3. The van der Waals surface area contributed by atoms with Crippen LogP contribution >= 0.6 is 0 Å². The molecule has 2 heterocycles. The largest absolute Gasteiger partial charge is 0.342 e. The minimum absolute atomic E-state index is 0.511. The fraction of sp³-hybridized carbons (Fsp3) is 0.174. The summed E-state index contributed by atoms with van der Waals surface area (Å²) >= 11 is 0. The number of rotatable bonds is 5. The van der Waals surface area contributed by atoms with Crippen LogP contribution in [0.5, 0.6) is 0 Å². The van der Waals surface area contributed by atoms with E-state index < -0.39 is 0 Å². The van der Waals surface area contributed by atoms with Crippen LogP contribution in [0.1, 0.15) is 28.1 Å². The highest BCUT2D eigenvalue weighted by molar-refractivity contribution is 5.99. The van der Waals surface area contributed by atoms with Crippen molar-refractivity contribution < 1.29 is 0 Å². The molecule has 0 amide bonds. The molecular formula is C23H23N5. The van der Waals surface area contributed by atoms with Crippen molar-refractivity contribution in [3.05, 3.63) is 88.9 Å². The van der Waals surface area contributed by atoms with Gasteiger partial charge in [-0.15, -0.1) is 0 Å². The van der Waals surface area contributed by atoms with Crippen LogP contribution in [0.15, 0.2) is 65.9 Å². The third-order valence-electron chi connectivity index (χ3n) is 4.61. The van der Waals surface area contributed by atoms with Gasteiger partial charge in [-0.05, 0) is 38.5 Å². The van der Waals surface area contributed by atoms with Gasteiger partial charge in [0.15, 0.2) is 0 Å². The van der Waals surface area contributed by atoms with Gasteiger partial charge in [0.05, 0.1) is 6.21 Å². The summed E-state index contributed by atoms with van der Waals surface area (Å²) in [5, 5.41) is 5.53. The predicted octanol–water partition coefficient (Wildman–Crippen LogP) is 4.85. The summed E-state index contributed by atoms with van der Waals surface area (Å²) in [6.07, 6.45) is 3.97. The fourth-order valence-electron chi connectivity index (χ4n) is 3.45. The Bertz CT molecular complexity index is 1140. The van der Waals surface area contributed by atoms with E-state index in [-0.39, 0.29) is 0 Å². The molecule has 28 heavy (non-hydrogen) atoms. The molecule has 0 aliphatic rings. The van der Waals surface area contributed by atoms with Crippen molar-refractivity contribution in [1.29, 1.82) is 0 Å². The number of nitrogens with one attached hydrogen (secondary N) is 1. The van der Waals surface area contributed by atoms with Crippen molar-refractivity contribution in [3.63, 3.8) is 0 Å². The molecule has 0 spiro atoms. The molecule has 140 valence electrons. The van der Waals surface area contributed by atoms with Gasteiger partial charge in [-0.25, -0.2) is 15.4 Å². The highest BCUT2D eigenvalue weighted by atomic mass is 15.3. The lowest BCUT2D eigenvalue weighted by Gasteiger charge is -2.06. The minimum atomic E-state index is 0.511. The third-order valence-corrected chi connectivity index (χ3v) is 4.61. The van der Waals surface area contributed by atoms with E-state index in [0.717, 1.165) is 23.5 Å². The second-order valence-electron chi connectivity index (χ2n) is 7.06. The van der Waals surface area contributed by atoms with E-state index in [0.29, 0.717) is 5.95 Å². The molecular weight excluding hydrogens is 346 g/mol. The van der Waals surface area contributed by atoms with Gasteiger partial charge in [-0.3, -0.25) is 0 Å². The lowest BCUT2D eigenvalue weighted by atomic mass is 10.1. The van der Waals surface area contributed by atoms with E-state index in [9.17, 15) is 0 Å². The van der Waals surface area contributed by atoms with E-state index in [1.165, 1.54) is 22.0 Å². The maximum Gasteiger partial charge on any atom is 0.243 e. The Kier molecular flexibility index (Phi) is 4.89. The fourth-order valence-corrected chi connectivity index (χ4v) is 3.45. The molecule has 0 aliphatic carbocycles. The lowest BCUT2D eigenvalue weighted by Crippen LogP contribution is -1.99. The molecule has 0 saturated carbocycles. The molecule has 0 saturated heterocycles. The molecule has 1 N–H and O–H groups in total. The Balaban J connectivity index is 1.62. The predicted molar refractivity (Wildman–Crippen MR) is 115 cm³/mol. The molecule has 0 radical (unpaired) electrons. The van der Waals surface area contributed by atoms with Crippen molar-refractivity contribution in [2.24, 2.45) is 5.10 Å². The van der Waals surface area contributed by atoms with Crippen LogP contribution in [0.3, 0.4) is 0 Å². The van der Waals surface area contributed by atoms with Crippen LogP contribution < -0.4 is 5.43 Å². The zero-order chi connectivity index (χ0) is 19.5.